The van der Waals surface area contributed by atoms with E-state index >= 15 is 0 Å². The predicted molar refractivity (Wildman–Crippen MR) is 81.9 cm³/mol. The van der Waals surface area contributed by atoms with E-state index in [1.165, 1.54) is 4.31 Å². The molecular weight excluding hydrogens is 288 g/mol. The average molecular weight is 308 g/mol. The molecule has 0 amide bonds. The number of nitrogens with zero attached hydrogens (tertiary/aromatic N) is 3. The van der Waals surface area contributed by atoms with E-state index in [0.717, 1.165) is 12.8 Å². The van der Waals surface area contributed by atoms with Crippen LogP contribution in [0, 0.1) is 5.92 Å². The third-order valence-corrected chi connectivity index (χ3v) is 5.55. The van der Waals surface area contributed by atoms with Crippen molar-refractivity contribution in [1.82, 2.24) is 13.7 Å². The Hall–Kier alpha value is -1.60. The van der Waals surface area contributed by atoms with Crippen LogP contribution >= 0.6 is 0 Å². The Bertz CT molecular complexity index is 749. The summed E-state index contributed by atoms with van der Waals surface area (Å²) >= 11 is 0. The zero-order valence-electron chi connectivity index (χ0n) is 12.3. The van der Waals surface area contributed by atoms with Crippen molar-refractivity contribution >= 4 is 21.5 Å². The van der Waals surface area contributed by atoms with E-state index in [1.807, 2.05) is 19.1 Å². The minimum atomic E-state index is -3.56. The number of aromatic nitrogens is 2. The molecule has 1 saturated carbocycles. The Morgan fingerprint density at radius 3 is 2.86 bits per heavy atom. The smallest absolute Gasteiger partial charge is 0.262 e. The van der Waals surface area contributed by atoms with Gasteiger partial charge >= 0.3 is 0 Å². The molecule has 1 fully saturated rings. The number of fused-ring (bicyclic) bond motifs is 1. The number of rotatable bonds is 6. The molecule has 0 radical (unpaired) electrons. The molecule has 114 valence electrons. The number of hydrogen-bond acceptors (Lipinski definition) is 4. The van der Waals surface area contributed by atoms with E-state index < -0.39 is 10.0 Å². The van der Waals surface area contributed by atoms with Gasteiger partial charge in [0.1, 0.15) is 5.65 Å². The second-order valence-corrected chi connectivity index (χ2v) is 7.41. The van der Waals surface area contributed by atoms with Gasteiger partial charge in [0, 0.05) is 26.3 Å². The van der Waals surface area contributed by atoms with E-state index in [-0.39, 0.29) is 5.03 Å². The lowest BCUT2D eigenvalue weighted by Crippen LogP contribution is -2.30. The third kappa shape index (κ3) is 2.63. The standard InChI is InChI=1S/C14H20N4O2S/c1-3-15-13-14(18-9-5-4-6-12(18)16-13)21(19,20)17(2)10-11-7-8-11/h4-6,9,11,15H,3,7-8,10H2,1-2H3. The highest BCUT2D eigenvalue weighted by molar-refractivity contribution is 7.89. The zero-order chi connectivity index (χ0) is 15.0. The molecule has 6 nitrogen and oxygen atoms in total. The summed E-state index contributed by atoms with van der Waals surface area (Å²) in [5.41, 5.74) is 0.631. The maximum Gasteiger partial charge on any atom is 0.262 e. The molecule has 1 aliphatic carbocycles. The van der Waals surface area contributed by atoms with Gasteiger partial charge in [-0.1, -0.05) is 6.07 Å². The summed E-state index contributed by atoms with van der Waals surface area (Å²) in [7, 11) is -1.91. The molecule has 21 heavy (non-hydrogen) atoms. The lowest BCUT2D eigenvalue weighted by Gasteiger charge is -2.17. The van der Waals surface area contributed by atoms with Gasteiger partial charge in [0.15, 0.2) is 10.8 Å². The average Bonchev–Trinajstić information content (AvgIpc) is 3.17. The lowest BCUT2D eigenvalue weighted by atomic mass is 10.4. The number of hydrogen-bond donors (Lipinski definition) is 1. The molecule has 2 heterocycles. The molecule has 2 aromatic heterocycles. The molecule has 2 aromatic rings. The largest absolute Gasteiger partial charge is 0.368 e. The summed E-state index contributed by atoms with van der Waals surface area (Å²) in [5, 5.41) is 3.28. The Labute approximate surface area is 124 Å². The molecule has 0 atom stereocenters. The van der Waals surface area contributed by atoms with Crippen LogP contribution in [0.15, 0.2) is 29.4 Å². The number of imidazole rings is 1. The molecule has 0 aliphatic heterocycles. The van der Waals surface area contributed by atoms with Crippen molar-refractivity contribution in [2.24, 2.45) is 5.92 Å². The van der Waals surface area contributed by atoms with Gasteiger partial charge in [0.25, 0.3) is 10.0 Å². The molecule has 0 unspecified atom stereocenters. The van der Waals surface area contributed by atoms with E-state index in [0.29, 0.717) is 30.5 Å². The topological polar surface area (TPSA) is 66.7 Å². The summed E-state index contributed by atoms with van der Waals surface area (Å²) < 4.78 is 28.9. The van der Waals surface area contributed by atoms with Gasteiger partial charge in [-0.15, -0.1) is 0 Å². The highest BCUT2D eigenvalue weighted by Gasteiger charge is 2.33. The van der Waals surface area contributed by atoms with Crippen molar-refractivity contribution in [3.05, 3.63) is 24.4 Å². The Kier molecular flexibility index (Phi) is 3.62. The number of pyridine rings is 1. The molecule has 0 bridgehead atoms. The SMILES string of the molecule is CCNc1nc2ccccn2c1S(=O)(=O)N(C)CC1CC1. The summed E-state index contributed by atoms with van der Waals surface area (Å²) in [5.74, 6) is 0.929. The summed E-state index contributed by atoms with van der Waals surface area (Å²) in [4.78, 5) is 4.39. The minimum absolute atomic E-state index is 0.225. The molecular formula is C14H20N4O2S. The van der Waals surface area contributed by atoms with E-state index in [1.54, 1.807) is 23.7 Å². The third-order valence-electron chi connectivity index (χ3n) is 3.70. The van der Waals surface area contributed by atoms with E-state index in [9.17, 15) is 8.42 Å². The van der Waals surface area contributed by atoms with Gasteiger partial charge in [-0.05, 0) is 37.8 Å². The molecule has 0 aromatic carbocycles. The van der Waals surface area contributed by atoms with Crippen LogP contribution in [0.4, 0.5) is 5.82 Å². The van der Waals surface area contributed by atoms with E-state index in [2.05, 4.69) is 10.3 Å². The molecule has 1 aliphatic rings. The van der Waals surface area contributed by atoms with Crippen LogP contribution in [-0.4, -0.2) is 42.2 Å². The van der Waals surface area contributed by atoms with Crippen molar-refractivity contribution in [3.63, 3.8) is 0 Å². The second-order valence-electron chi connectivity index (χ2n) is 5.45. The first-order valence-corrected chi connectivity index (χ1v) is 8.65. The van der Waals surface area contributed by atoms with Crippen molar-refractivity contribution in [1.29, 1.82) is 0 Å². The molecule has 0 spiro atoms. The highest BCUT2D eigenvalue weighted by Crippen LogP contribution is 2.32. The quantitative estimate of drug-likeness (QED) is 0.883. The van der Waals surface area contributed by atoms with Crippen molar-refractivity contribution in [2.75, 3.05) is 25.5 Å². The maximum atomic E-state index is 12.9. The van der Waals surface area contributed by atoms with Crippen molar-refractivity contribution in [2.45, 2.75) is 24.8 Å². The first-order valence-electron chi connectivity index (χ1n) is 7.21. The number of anilines is 1. The summed E-state index contributed by atoms with van der Waals surface area (Å²) in [6.07, 6.45) is 3.97. The fraction of sp³-hybridized carbons (Fsp3) is 0.500. The number of sulfonamides is 1. The van der Waals surface area contributed by atoms with Gasteiger partial charge in [-0.3, -0.25) is 4.40 Å². The Morgan fingerprint density at radius 1 is 1.43 bits per heavy atom. The van der Waals surface area contributed by atoms with E-state index in [4.69, 9.17) is 0 Å². The summed E-state index contributed by atoms with van der Waals surface area (Å²) in [6, 6.07) is 5.47. The maximum absolute atomic E-state index is 12.9. The van der Waals surface area contributed by atoms with Crippen molar-refractivity contribution < 1.29 is 8.42 Å². The van der Waals surface area contributed by atoms with Crippen LogP contribution in [0.25, 0.3) is 5.65 Å². The summed E-state index contributed by atoms with van der Waals surface area (Å²) in [6.45, 7) is 3.13. The Balaban J connectivity index is 2.09. The normalized spacial score (nSPS) is 15.8. The molecule has 0 saturated heterocycles. The monoisotopic (exact) mass is 308 g/mol. The van der Waals surface area contributed by atoms with Crippen LogP contribution in [0.2, 0.25) is 0 Å². The Morgan fingerprint density at radius 2 is 2.19 bits per heavy atom. The van der Waals surface area contributed by atoms with Gasteiger partial charge in [-0.2, -0.15) is 4.31 Å². The van der Waals surface area contributed by atoms with Gasteiger partial charge in [-0.25, -0.2) is 13.4 Å². The fourth-order valence-corrected chi connectivity index (χ4v) is 3.88. The lowest BCUT2D eigenvalue weighted by molar-refractivity contribution is 0.450. The molecule has 3 rings (SSSR count). The number of nitrogens with one attached hydrogen (secondary N) is 1. The zero-order valence-corrected chi connectivity index (χ0v) is 13.1. The van der Waals surface area contributed by atoms with Gasteiger partial charge < -0.3 is 5.32 Å². The second kappa shape index (κ2) is 5.31. The van der Waals surface area contributed by atoms with Gasteiger partial charge in [0.2, 0.25) is 0 Å². The minimum Gasteiger partial charge on any atom is -0.368 e. The van der Waals surface area contributed by atoms with Crippen LogP contribution in [0.5, 0.6) is 0 Å². The van der Waals surface area contributed by atoms with Gasteiger partial charge in [0.05, 0.1) is 0 Å². The molecule has 7 heteroatoms. The predicted octanol–water partition coefficient (Wildman–Crippen LogP) is 1.80. The highest BCUT2D eigenvalue weighted by atomic mass is 32.2. The van der Waals surface area contributed by atoms with Crippen LogP contribution < -0.4 is 5.32 Å². The van der Waals surface area contributed by atoms with Crippen LogP contribution in [0.1, 0.15) is 19.8 Å². The van der Waals surface area contributed by atoms with Crippen molar-refractivity contribution in [3.8, 4) is 0 Å². The first kappa shape index (κ1) is 14.3. The molecule has 1 N–H and O–H groups in total. The first-order chi connectivity index (χ1) is 10.0. The van der Waals surface area contributed by atoms with Crippen LogP contribution in [0.3, 0.4) is 0 Å². The van der Waals surface area contributed by atoms with Crippen LogP contribution in [-0.2, 0) is 10.0 Å². The fourth-order valence-electron chi connectivity index (χ4n) is 2.41.